The summed E-state index contributed by atoms with van der Waals surface area (Å²) in [6, 6.07) is 10.8. The summed E-state index contributed by atoms with van der Waals surface area (Å²) in [5, 5.41) is -0.796. The van der Waals surface area contributed by atoms with Gasteiger partial charge in [0, 0.05) is 13.1 Å². The number of nitrogens with one attached hydrogen (secondary N) is 1. The van der Waals surface area contributed by atoms with Gasteiger partial charge in [-0.05, 0) is 48.9 Å². The fraction of sp³-hybridized carbons (Fsp3) is 0.278. The Bertz CT molecular complexity index is 1090. The summed E-state index contributed by atoms with van der Waals surface area (Å²) in [6.07, 6.45) is 0. The minimum absolute atomic E-state index is 0.00820. The van der Waals surface area contributed by atoms with Crippen molar-refractivity contribution in [2.24, 2.45) is 0 Å². The highest BCUT2D eigenvalue weighted by Crippen LogP contribution is 2.24. The van der Waals surface area contributed by atoms with Crippen molar-refractivity contribution in [3.8, 4) is 0 Å². The summed E-state index contributed by atoms with van der Waals surface area (Å²) >= 11 is 0. The normalized spacial score (nSPS) is 15.3. The summed E-state index contributed by atoms with van der Waals surface area (Å²) in [5.74, 6) is -1.05. The third-order valence-corrected chi connectivity index (χ3v) is 8.00. The van der Waals surface area contributed by atoms with Gasteiger partial charge in [-0.15, -0.1) is 0 Å². The molecule has 2 aromatic carbocycles. The molecule has 1 heterocycles. The Morgan fingerprint density at radius 3 is 2.32 bits per heavy atom. The van der Waals surface area contributed by atoms with Gasteiger partial charge in [0.1, 0.15) is 11.1 Å². The maximum Gasteiger partial charge on any atom is 0.241 e. The predicted molar refractivity (Wildman–Crippen MR) is 100 cm³/mol. The van der Waals surface area contributed by atoms with Gasteiger partial charge in [0.25, 0.3) is 0 Å². The van der Waals surface area contributed by atoms with Crippen molar-refractivity contribution in [3.63, 3.8) is 0 Å². The molecule has 0 radical (unpaired) electrons. The fourth-order valence-electron chi connectivity index (χ4n) is 2.79. The van der Waals surface area contributed by atoms with Gasteiger partial charge < -0.3 is 4.90 Å². The Balaban J connectivity index is 1.57. The summed E-state index contributed by atoms with van der Waals surface area (Å²) in [6.45, 7) is 1.22. The van der Waals surface area contributed by atoms with Crippen LogP contribution in [0.15, 0.2) is 58.3 Å². The van der Waals surface area contributed by atoms with Gasteiger partial charge >= 0.3 is 0 Å². The molecule has 10 heteroatoms. The van der Waals surface area contributed by atoms with Crippen molar-refractivity contribution >= 4 is 25.8 Å². The van der Waals surface area contributed by atoms with E-state index in [1.54, 1.807) is 19.1 Å². The molecule has 0 aliphatic carbocycles. The molecule has 2 aromatic rings. The van der Waals surface area contributed by atoms with Gasteiger partial charge in [-0.3, -0.25) is 4.79 Å². The summed E-state index contributed by atoms with van der Waals surface area (Å²) in [5.41, 5.74) is 0.769. The number of hydrogen-bond donors (Lipinski definition) is 1. The minimum Gasteiger partial charge on any atom is -0.339 e. The topological polar surface area (TPSA) is 101 Å². The maximum absolute atomic E-state index is 13.0. The van der Waals surface area contributed by atoms with Gasteiger partial charge in [-0.25, -0.2) is 25.9 Å². The highest BCUT2D eigenvalue weighted by atomic mass is 32.2. The molecular weight excluding hydrogens is 407 g/mol. The summed E-state index contributed by atoms with van der Waals surface area (Å²) < 4.78 is 64.6. The van der Waals surface area contributed by atoms with E-state index < -0.39 is 43.4 Å². The van der Waals surface area contributed by atoms with Crippen molar-refractivity contribution in [2.75, 3.05) is 19.6 Å². The first-order valence-electron chi connectivity index (χ1n) is 8.43. The zero-order valence-electron chi connectivity index (χ0n) is 15.0. The number of amides is 1. The van der Waals surface area contributed by atoms with Crippen LogP contribution in [0.4, 0.5) is 4.39 Å². The van der Waals surface area contributed by atoms with Gasteiger partial charge in [0.15, 0.2) is 9.84 Å². The maximum atomic E-state index is 13.0. The van der Waals surface area contributed by atoms with E-state index in [1.807, 2.05) is 0 Å². The highest BCUT2D eigenvalue weighted by molar-refractivity contribution is 7.92. The van der Waals surface area contributed by atoms with Crippen molar-refractivity contribution < 1.29 is 26.0 Å². The molecule has 0 bridgehead atoms. The SMILES string of the molecule is Cc1cccc(S(=O)(=O)NCC(=O)N2CC(S(=O)(=O)c3ccc(F)cc3)C2)c1. The van der Waals surface area contributed by atoms with Crippen LogP contribution in [-0.2, 0) is 24.7 Å². The molecule has 0 aromatic heterocycles. The fourth-order valence-corrected chi connectivity index (χ4v) is 5.52. The Kier molecular flexibility index (Phi) is 5.55. The second kappa shape index (κ2) is 7.61. The third-order valence-electron chi connectivity index (χ3n) is 4.50. The van der Waals surface area contributed by atoms with Crippen molar-refractivity contribution in [1.29, 1.82) is 0 Å². The van der Waals surface area contributed by atoms with Crippen LogP contribution in [0.1, 0.15) is 5.56 Å². The van der Waals surface area contributed by atoms with Crippen LogP contribution in [0.25, 0.3) is 0 Å². The Morgan fingerprint density at radius 2 is 1.71 bits per heavy atom. The van der Waals surface area contributed by atoms with Crippen LogP contribution in [0, 0.1) is 12.7 Å². The Morgan fingerprint density at radius 1 is 1.07 bits per heavy atom. The van der Waals surface area contributed by atoms with Crippen LogP contribution in [-0.4, -0.2) is 52.5 Å². The van der Waals surface area contributed by atoms with E-state index >= 15 is 0 Å². The van der Waals surface area contributed by atoms with Crippen molar-refractivity contribution in [1.82, 2.24) is 9.62 Å². The smallest absolute Gasteiger partial charge is 0.241 e. The van der Waals surface area contributed by atoms with Crippen LogP contribution in [0.3, 0.4) is 0 Å². The molecule has 1 aliphatic heterocycles. The van der Waals surface area contributed by atoms with Gasteiger partial charge in [0.2, 0.25) is 15.9 Å². The number of sulfone groups is 1. The zero-order valence-corrected chi connectivity index (χ0v) is 16.6. The molecule has 1 saturated heterocycles. The lowest BCUT2D eigenvalue weighted by Crippen LogP contribution is -2.58. The molecule has 150 valence electrons. The summed E-state index contributed by atoms with van der Waals surface area (Å²) in [7, 11) is -7.51. The largest absolute Gasteiger partial charge is 0.339 e. The molecule has 0 unspecified atom stereocenters. The van der Waals surface area contributed by atoms with E-state index in [2.05, 4.69) is 4.72 Å². The number of halogens is 1. The molecule has 0 saturated carbocycles. The molecule has 1 aliphatic rings. The molecule has 0 spiro atoms. The van der Waals surface area contributed by atoms with E-state index in [9.17, 15) is 26.0 Å². The monoisotopic (exact) mass is 426 g/mol. The number of rotatable bonds is 6. The van der Waals surface area contributed by atoms with Crippen LogP contribution < -0.4 is 4.72 Å². The minimum atomic E-state index is -3.84. The van der Waals surface area contributed by atoms with E-state index in [-0.39, 0.29) is 22.9 Å². The van der Waals surface area contributed by atoms with Gasteiger partial charge in [-0.2, -0.15) is 0 Å². The van der Waals surface area contributed by atoms with E-state index in [4.69, 9.17) is 0 Å². The number of nitrogens with zero attached hydrogens (tertiary/aromatic N) is 1. The van der Waals surface area contributed by atoms with Crippen LogP contribution in [0.2, 0.25) is 0 Å². The first-order chi connectivity index (χ1) is 13.1. The first kappa shape index (κ1) is 20.4. The molecule has 28 heavy (non-hydrogen) atoms. The number of aryl methyl sites for hydroxylation is 1. The molecule has 7 nitrogen and oxygen atoms in total. The zero-order chi connectivity index (χ0) is 20.5. The molecule has 0 atom stereocenters. The highest BCUT2D eigenvalue weighted by Gasteiger charge is 2.40. The second-order valence-electron chi connectivity index (χ2n) is 6.56. The van der Waals surface area contributed by atoms with Crippen molar-refractivity contribution in [3.05, 3.63) is 59.9 Å². The van der Waals surface area contributed by atoms with Gasteiger partial charge in [-0.1, -0.05) is 12.1 Å². The van der Waals surface area contributed by atoms with Crippen LogP contribution >= 0.6 is 0 Å². The lowest BCUT2D eigenvalue weighted by Gasteiger charge is -2.38. The third kappa shape index (κ3) is 4.23. The lowest BCUT2D eigenvalue weighted by atomic mass is 10.2. The number of carbonyl (C=O) groups excluding carboxylic acids is 1. The van der Waals surface area contributed by atoms with Crippen molar-refractivity contribution in [2.45, 2.75) is 22.0 Å². The number of likely N-dealkylation sites (tertiary alicyclic amines) is 1. The standard InChI is InChI=1S/C18H19FN2O5S2/c1-13-3-2-4-16(9-13)28(25,26)20-10-18(22)21-11-17(12-21)27(23,24)15-7-5-14(19)6-8-15/h2-9,17,20H,10-12H2,1H3. The number of benzene rings is 2. The number of sulfonamides is 1. The molecule has 3 rings (SSSR count). The van der Waals surface area contributed by atoms with Gasteiger partial charge in [0.05, 0.1) is 16.3 Å². The van der Waals surface area contributed by atoms with E-state index in [0.29, 0.717) is 0 Å². The van der Waals surface area contributed by atoms with E-state index in [0.717, 1.165) is 17.7 Å². The predicted octanol–water partition coefficient (Wildman–Crippen LogP) is 1.10. The average molecular weight is 426 g/mol. The number of hydrogen-bond acceptors (Lipinski definition) is 5. The Labute approximate surface area is 163 Å². The molecule has 1 fully saturated rings. The lowest BCUT2D eigenvalue weighted by molar-refractivity contribution is -0.133. The molecular formula is C18H19FN2O5S2. The second-order valence-corrected chi connectivity index (χ2v) is 10.6. The van der Waals surface area contributed by atoms with Crippen LogP contribution in [0.5, 0.6) is 0 Å². The Hall–Kier alpha value is -2.30. The van der Waals surface area contributed by atoms with E-state index in [1.165, 1.54) is 29.2 Å². The quantitative estimate of drug-likeness (QED) is 0.697. The first-order valence-corrected chi connectivity index (χ1v) is 11.5. The molecule has 1 N–H and O–H groups in total. The molecule has 1 amide bonds. The summed E-state index contributed by atoms with van der Waals surface area (Å²) in [4.78, 5) is 13.5. The number of carbonyl (C=O) groups is 1. The average Bonchev–Trinajstić information content (AvgIpc) is 2.59.